The normalized spacial score (nSPS) is 16.2. The van der Waals surface area contributed by atoms with Crippen LogP contribution in [-0.4, -0.2) is 33.6 Å². The molecule has 1 atom stereocenters. The van der Waals surface area contributed by atoms with Gasteiger partial charge in [0.1, 0.15) is 11.4 Å². The molecule has 2 aromatic heterocycles. The number of aromatic nitrogens is 3. The molecule has 8 heteroatoms. The van der Waals surface area contributed by atoms with E-state index in [9.17, 15) is 9.18 Å². The van der Waals surface area contributed by atoms with Gasteiger partial charge in [0.15, 0.2) is 22.9 Å². The van der Waals surface area contributed by atoms with Gasteiger partial charge in [0.25, 0.3) is 5.91 Å². The minimum Gasteiger partial charge on any atom is -0.454 e. The predicted octanol–water partition coefficient (Wildman–Crippen LogP) is 3.44. The zero-order chi connectivity index (χ0) is 20.7. The largest absolute Gasteiger partial charge is 0.454 e. The van der Waals surface area contributed by atoms with Gasteiger partial charge in [-0.3, -0.25) is 9.89 Å². The van der Waals surface area contributed by atoms with Crippen molar-refractivity contribution >= 4 is 11.6 Å². The molecular weight excluding hydrogens is 385 g/mol. The van der Waals surface area contributed by atoms with E-state index in [1.165, 1.54) is 6.07 Å². The van der Waals surface area contributed by atoms with Crippen LogP contribution in [0.2, 0.25) is 0 Å². The number of imidazole rings is 1. The van der Waals surface area contributed by atoms with Crippen LogP contribution >= 0.6 is 0 Å². The summed E-state index contributed by atoms with van der Waals surface area (Å²) in [6, 6.07) is 13.2. The fraction of sp³-hybridized carbons (Fsp3) is 0.182. The van der Waals surface area contributed by atoms with Crippen LogP contribution in [0.5, 0.6) is 11.5 Å². The molecule has 1 amide bonds. The Bertz CT molecular complexity index is 1220. The van der Waals surface area contributed by atoms with Crippen molar-refractivity contribution in [2.45, 2.75) is 12.3 Å². The Labute approximate surface area is 171 Å². The number of fused-ring (bicyclic) bond motifs is 1. The van der Waals surface area contributed by atoms with Gasteiger partial charge in [-0.25, -0.2) is 13.9 Å². The van der Waals surface area contributed by atoms with Crippen molar-refractivity contribution in [3.63, 3.8) is 0 Å². The quantitative estimate of drug-likeness (QED) is 0.474. The number of rotatable bonds is 5. The standard InChI is InChI=1S/C22H20FN5O2/c23-17-3-1-2-4-18(17)30-15-7-5-13(6-8-15)19-20(21(24)29)28-22(27-19)16(12-26-28)14-9-10-25-11-14/h1-8,12,14,25-26H,9-11H2,(H2,24,29). The maximum absolute atomic E-state index is 13.8. The summed E-state index contributed by atoms with van der Waals surface area (Å²) >= 11 is 0. The van der Waals surface area contributed by atoms with Crippen molar-refractivity contribution in [1.82, 2.24) is 19.9 Å². The number of nitrogens with zero attached hydrogens (tertiary/aromatic N) is 2. The van der Waals surface area contributed by atoms with E-state index in [1.54, 1.807) is 47.0 Å². The van der Waals surface area contributed by atoms with Crippen LogP contribution in [-0.2, 0) is 0 Å². The first-order chi connectivity index (χ1) is 14.6. The Hall–Kier alpha value is -3.65. The van der Waals surface area contributed by atoms with Gasteiger partial charge >= 0.3 is 0 Å². The summed E-state index contributed by atoms with van der Waals surface area (Å²) in [5, 5.41) is 6.46. The van der Waals surface area contributed by atoms with Crippen LogP contribution < -0.4 is 15.8 Å². The lowest BCUT2D eigenvalue weighted by atomic mass is 10.0. The Balaban J connectivity index is 1.51. The third-order valence-corrected chi connectivity index (χ3v) is 5.41. The molecule has 0 aliphatic carbocycles. The lowest BCUT2D eigenvalue weighted by molar-refractivity contribution is 0.0994. The van der Waals surface area contributed by atoms with Gasteiger partial charge in [0.2, 0.25) is 0 Å². The molecule has 0 saturated carbocycles. The van der Waals surface area contributed by atoms with Crippen LogP contribution in [0.4, 0.5) is 4.39 Å². The maximum Gasteiger partial charge on any atom is 0.269 e. The fourth-order valence-corrected chi connectivity index (χ4v) is 3.92. The highest BCUT2D eigenvalue weighted by Crippen LogP contribution is 2.32. The number of ether oxygens (including phenoxy) is 1. The molecule has 0 spiro atoms. The first kappa shape index (κ1) is 18.4. The van der Waals surface area contributed by atoms with E-state index in [2.05, 4.69) is 10.4 Å². The summed E-state index contributed by atoms with van der Waals surface area (Å²) < 4.78 is 21.1. The zero-order valence-electron chi connectivity index (χ0n) is 16.1. The predicted molar refractivity (Wildman–Crippen MR) is 110 cm³/mol. The number of carbonyl (C=O) groups is 1. The van der Waals surface area contributed by atoms with Crippen molar-refractivity contribution in [2.75, 3.05) is 13.1 Å². The van der Waals surface area contributed by atoms with E-state index < -0.39 is 11.7 Å². The second-order valence-electron chi connectivity index (χ2n) is 7.31. The molecule has 0 bridgehead atoms. The molecule has 4 aromatic rings. The minimum absolute atomic E-state index is 0.146. The molecule has 5 rings (SSSR count). The summed E-state index contributed by atoms with van der Waals surface area (Å²) in [6.45, 7) is 1.84. The number of halogens is 1. The highest BCUT2D eigenvalue weighted by atomic mass is 19.1. The molecule has 1 saturated heterocycles. The van der Waals surface area contributed by atoms with Gasteiger partial charge in [-0.2, -0.15) is 0 Å². The van der Waals surface area contributed by atoms with Gasteiger partial charge in [0, 0.05) is 29.8 Å². The number of hydrogen-bond acceptors (Lipinski definition) is 4. The lowest BCUT2D eigenvalue weighted by Gasteiger charge is -2.07. The number of nitrogens with two attached hydrogens (primary N) is 1. The number of H-pyrrole nitrogens is 1. The van der Waals surface area contributed by atoms with Crippen LogP contribution in [0.1, 0.15) is 28.4 Å². The maximum atomic E-state index is 13.8. The molecule has 2 aromatic carbocycles. The Morgan fingerprint density at radius 2 is 2.00 bits per heavy atom. The number of amides is 1. The second kappa shape index (κ2) is 7.31. The third-order valence-electron chi connectivity index (χ3n) is 5.41. The molecule has 0 radical (unpaired) electrons. The third kappa shape index (κ3) is 3.11. The monoisotopic (exact) mass is 405 g/mol. The average Bonchev–Trinajstić information content (AvgIpc) is 3.46. The molecule has 7 nitrogen and oxygen atoms in total. The van der Waals surface area contributed by atoms with Crippen LogP contribution in [0.3, 0.4) is 0 Å². The fourth-order valence-electron chi connectivity index (χ4n) is 3.92. The number of benzene rings is 2. The minimum atomic E-state index is -0.567. The van der Waals surface area contributed by atoms with Crippen LogP contribution in [0.15, 0.2) is 54.7 Å². The number of carbonyl (C=O) groups excluding carboxylic acids is 1. The average molecular weight is 405 g/mol. The van der Waals surface area contributed by atoms with Crippen LogP contribution in [0, 0.1) is 5.82 Å². The number of aromatic amines is 1. The van der Waals surface area contributed by atoms with Crippen molar-refractivity contribution in [3.8, 4) is 22.8 Å². The lowest BCUT2D eigenvalue weighted by Crippen LogP contribution is -2.15. The smallest absolute Gasteiger partial charge is 0.269 e. The summed E-state index contributed by atoms with van der Waals surface area (Å²) in [4.78, 5) is 16.9. The summed E-state index contributed by atoms with van der Waals surface area (Å²) in [5.74, 6) is -0.0385. The summed E-state index contributed by atoms with van der Waals surface area (Å²) in [6.07, 6.45) is 2.91. The Kier molecular flexibility index (Phi) is 4.48. The van der Waals surface area contributed by atoms with Crippen LogP contribution in [0.25, 0.3) is 16.9 Å². The first-order valence-electron chi connectivity index (χ1n) is 9.75. The Morgan fingerprint density at radius 3 is 2.70 bits per heavy atom. The highest BCUT2D eigenvalue weighted by molar-refractivity contribution is 5.98. The first-order valence-corrected chi connectivity index (χ1v) is 9.75. The number of para-hydroxylation sites is 1. The van der Waals surface area contributed by atoms with Gasteiger partial charge in [0.05, 0.1) is 0 Å². The van der Waals surface area contributed by atoms with E-state index in [-0.39, 0.29) is 5.75 Å². The van der Waals surface area contributed by atoms with Gasteiger partial charge in [-0.1, -0.05) is 12.1 Å². The van der Waals surface area contributed by atoms with Gasteiger partial charge in [-0.15, -0.1) is 0 Å². The molecule has 152 valence electrons. The molecule has 1 unspecified atom stereocenters. The van der Waals surface area contributed by atoms with E-state index in [1.807, 2.05) is 6.20 Å². The highest BCUT2D eigenvalue weighted by Gasteiger charge is 2.26. The van der Waals surface area contributed by atoms with Crippen molar-refractivity contribution in [3.05, 3.63) is 71.8 Å². The number of primary amides is 1. The van der Waals surface area contributed by atoms with Crippen molar-refractivity contribution < 1.29 is 13.9 Å². The van der Waals surface area contributed by atoms with Crippen molar-refractivity contribution in [1.29, 1.82) is 0 Å². The van der Waals surface area contributed by atoms with E-state index in [4.69, 9.17) is 15.5 Å². The van der Waals surface area contributed by atoms with Gasteiger partial charge < -0.3 is 15.8 Å². The molecule has 30 heavy (non-hydrogen) atoms. The molecule has 1 aliphatic heterocycles. The summed E-state index contributed by atoms with van der Waals surface area (Å²) in [7, 11) is 0. The SMILES string of the molecule is NC(=O)c1c(-c2ccc(Oc3ccccc3F)cc2)nc2c(C3CCNC3)c[nH]n12. The molecule has 3 heterocycles. The van der Waals surface area contributed by atoms with E-state index in [0.717, 1.165) is 30.6 Å². The number of nitrogens with one attached hydrogen (secondary N) is 2. The second-order valence-corrected chi connectivity index (χ2v) is 7.31. The van der Waals surface area contributed by atoms with Crippen molar-refractivity contribution in [2.24, 2.45) is 5.73 Å². The molecule has 1 aliphatic rings. The topological polar surface area (TPSA) is 97.4 Å². The van der Waals surface area contributed by atoms with E-state index >= 15 is 0 Å². The molecule has 4 N–H and O–H groups in total. The molecule has 1 fully saturated rings. The Morgan fingerprint density at radius 1 is 1.20 bits per heavy atom. The zero-order valence-corrected chi connectivity index (χ0v) is 16.1. The van der Waals surface area contributed by atoms with Gasteiger partial charge in [-0.05, 0) is 49.4 Å². The summed E-state index contributed by atoms with van der Waals surface area (Å²) in [5.41, 5.74) is 8.96. The van der Waals surface area contributed by atoms with E-state index in [0.29, 0.717) is 28.7 Å². The number of hydrogen-bond donors (Lipinski definition) is 3. The molecular formula is C22H20FN5O2.